The molecule has 0 aliphatic carbocycles. The molecule has 33 heavy (non-hydrogen) atoms. The van der Waals surface area contributed by atoms with Gasteiger partial charge in [0.1, 0.15) is 17.8 Å². The van der Waals surface area contributed by atoms with Gasteiger partial charge >= 0.3 is 0 Å². The summed E-state index contributed by atoms with van der Waals surface area (Å²) in [4.78, 5) is 41.5. The van der Waals surface area contributed by atoms with Gasteiger partial charge < -0.3 is 10.2 Å². The first-order valence-corrected chi connectivity index (χ1v) is 11.1. The molecule has 170 valence electrons. The number of carbonyl (C=O) groups excluding carboxylic acids is 2. The Labute approximate surface area is 193 Å². The number of nitrogens with one attached hydrogen (secondary N) is 1. The van der Waals surface area contributed by atoms with Crippen LogP contribution in [0.25, 0.3) is 0 Å². The lowest BCUT2D eigenvalue weighted by molar-refractivity contribution is -0.114. The zero-order valence-electron chi connectivity index (χ0n) is 19.1. The Bertz CT molecular complexity index is 1140. The van der Waals surface area contributed by atoms with Crippen molar-refractivity contribution in [2.45, 2.75) is 32.4 Å². The molecule has 1 fully saturated rings. The summed E-state index contributed by atoms with van der Waals surface area (Å²) in [5.74, 6) is -0.478. The molecule has 1 aromatic rings. The first kappa shape index (κ1) is 22.6. The predicted molar refractivity (Wildman–Crippen MR) is 127 cm³/mol. The molecule has 1 N–H and O–H groups in total. The van der Waals surface area contributed by atoms with Gasteiger partial charge in [0.15, 0.2) is 5.69 Å². The molecular formula is C24H27N7O2. The number of nitrogens with zero attached hydrogens (tertiary/aromatic N) is 6. The number of hydrogen-bond acceptors (Lipinski definition) is 7. The van der Waals surface area contributed by atoms with Crippen molar-refractivity contribution in [3.8, 4) is 6.07 Å². The number of aliphatic imine (C=N–C) groups is 2. The number of rotatable bonds is 5. The zero-order chi connectivity index (χ0) is 23.5. The Morgan fingerprint density at radius 3 is 2.85 bits per heavy atom. The highest BCUT2D eigenvalue weighted by molar-refractivity contribution is 6.16. The fourth-order valence-corrected chi connectivity index (χ4v) is 4.41. The maximum atomic E-state index is 12.1. The van der Waals surface area contributed by atoms with E-state index >= 15 is 0 Å². The molecule has 0 spiro atoms. The standard InChI is InChI=1S/C24H27N7O2/c1-4-17-10-19-20(29-23(17)32)9-16(12-27-19)14-30-7-8-31(15(2)13-30)22-6-5-18(24(33)26-3)28-21(22)11-25/h5-6,9-10,12,15,19H,4,7-8,13-14H2,1-3H3,(H,26,33)/t15-,19?/m1/s1. The monoisotopic (exact) mass is 445 g/mol. The molecular weight excluding hydrogens is 418 g/mol. The Kier molecular flexibility index (Phi) is 6.47. The van der Waals surface area contributed by atoms with Crippen molar-refractivity contribution in [3.63, 3.8) is 0 Å². The Hall–Kier alpha value is -3.64. The van der Waals surface area contributed by atoms with Gasteiger partial charge in [-0.1, -0.05) is 6.92 Å². The van der Waals surface area contributed by atoms with Crippen LogP contribution in [0.3, 0.4) is 0 Å². The largest absolute Gasteiger partial charge is 0.364 e. The third kappa shape index (κ3) is 4.61. The van der Waals surface area contributed by atoms with E-state index in [9.17, 15) is 14.9 Å². The number of aromatic nitrogens is 1. The number of piperazine rings is 1. The Morgan fingerprint density at radius 1 is 1.33 bits per heavy atom. The zero-order valence-corrected chi connectivity index (χ0v) is 19.1. The van der Waals surface area contributed by atoms with Crippen LogP contribution in [0.5, 0.6) is 0 Å². The van der Waals surface area contributed by atoms with Crippen molar-refractivity contribution in [3.05, 3.63) is 46.8 Å². The summed E-state index contributed by atoms with van der Waals surface area (Å²) in [6, 6.07) is 5.57. The maximum absolute atomic E-state index is 12.1. The van der Waals surface area contributed by atoms with Crippen LogP contribution in [0, 0.1) is 11.3 Å². The van der Waals surface area contributed by atoms with Crippen LogP contribution in [0.4, 0.5) is 5.69 Å². The summed E-state index contributed by atoms with van der Waals surface area (Å²) in [5.41, 5.74) is 3.69. The van der Waals surface area contributed by atoms with E-state index in [1.165, 1.54) is 7.05 Å². The van der Waals surface area contributed by atoms with Gasteiger partial charge in [0, 0.05) is 51.1 Å². The smallest absolute Gasteiger partial charge is 0.272 e. The van der Waals surface area contributed by atoms with Crippen molar-refractivity contribution in [1.29, 1.82) is 5.26 Å². The number of anilines is 1. The summed E-state index contributed by atoms with van der Waals surface area (Å²) < 4.78 is 0. The van der Waals surface area contributed by atoms with Crippen LogP contribution in [0.15, 0.2) is 45.4 Å². The van der Waals surface area contributed by atoms with Gasteiger partial charge in [0.2, 0.25) is 0 Å². The molecule has 0 bridgehead atoms. The molecule has 4 heterocycles. The summed E-state index contributed by atoms with van der Waals surface area (Å²) in [6.45, 7) is 7.09. The van der Waals surface area contributed by atoms with E-state index in [-0.39, 0.29) is 35.3 Å². The molecule has 2 atom stereocenters. The molecule has 9 nitrogen and oxygen atoms in total. The SMILES string of the molecule is CCC1=CC2N=CC(CN3CCN(c4ccc(C(=O)NC)nc4C#N)[C@H](C)C3)=CC2=NC1=O. The topological polar surface area (TPSA) is 114 Å². The van der Waals surface area contributed by atoms with Gasteiger partial charge in [0.25, 0.3) is 11.8 Å². The molecule has 0 aromatic carbocycles. The van der Waals surface area contributed by atoms with E-state index in [4.69, 9.17) is 0 Å². The fraction of sp³-hybridized carbons (Fsp3) is 0.417. The van der Waals surface area contributed by atoms with Gasteiger partial charge in [-0.25, -0.2) is 9.98 Å². The highest BCUT2D eigenvalue weighted by Crippen LogP contribution is 2.25. The minimum absolute atomic E-state index is 0.149. The van der Waals surface area contributed by atoms with Crippen molar-refractivity contribution in [1.82, 2.24) is 15.2 Å². The molecule has 1 unspecified atom stereocenters. The second kappa shape index (κ2) is 9.46. The summed E-state index contributed by atoms with van der Waals surface area (Å²) in [7, 11) is 1.54. The van der Waals surface area contributed by atoms with Crippen LogP contribution in [0.1, 0.15) is 36.5 Å². The molecule has 3 aliphatic rings. The molecule has 1 saturated heterocycles. The van der Waals surface area contributed by atoms with Gasteiger partial charge in [-0.05, 0) is 43.2 Å². The number of pyridine rings is 1. The van der Waals surface area contributed by atoms with E-state index in [1.54, 1.807) is 12.1 Å². The van der Waals surface area contributed by atoms with Crippen molar-refractivity contribution < 1.29 is 9.59 Å². The van der Waals surface area contributed by atoms with Gasteiger partial charge in [-0.2, -0.15) is 5.26 Å². The van der Waals surface area contributed by atoms with Crippen LogP contribution in [0.2, 0.25) is 0 Å². The molecule has 4 rings (SSSR count). The number of nitriles is 1. The van der Waals surface area contributed by atoms with E-state index in [2.05, 4.69) is 43.1 Å². The third-order valence-electron chi connectivity index (χ3n) is 6.15. The average Bonchev–Trinajstić information content (AvgIpc) is 2.83. The van der Waals surface area contributed by atoms with Crippen molar-refractivity contribution in [2.24, 2.45) is 9.98 Å². The summed E-state index contributed by atoms with van der Waals surface area (Å²) >= 11 is 0. The van der Waals surface area contributed by atoms with E-state index in [1.807, 2.05) is 25.3 Å². The lowest BCUT2D eigenvalue weighted by atomic mass is 9.98. The first-order chi connectivity index (χ1) is 15.9. The van der Waals surface area contributed by atoms with Gasteiger partial charge in [0.05, 0.1) is 11.4 Å². The molecule has 2 amide bonds. The van der Waals surface area contributed by atoms with Crippen LogP contribution in [-0.4, -0.2) is 78.9 Å². The molecule has 1 aromatic heterocycles. The normalized spacial score (nSPS) is 22.7. The number of hydrogen-bond donors (Lipinski definition) is 1. The number of dihydropyridines is 2. The molecule has 3 aliphatic heterocycles. The number of fused-ring (bicyclic) bond motifs is 1. The number of carbonyl (C=O) groups is 2. The highest BCUT2D eigenvalue weighted by atomic mass is 16.2. The minimum atomic E-state index is -0.314. The van der Waals surface area contributed by atoms with Crippen LogP contribution < -0.4 is 10.2 Å². The lowest BCUT2D eigenvalue weighted by Crippen LogP contribution is -2.52. The number of amides is 2. The molecule has 9 heteroatoms. The van der Waals surface area contributed by atoms with Gasteiger partial charge in [-0.15, -0.1) is 0 Å². The molecule has 0 radical (unpaired) electrons. The van der Waals surface area contributed by atoms with Gasteiger partial charge in [-0.3, -0.25) is 19.5 Å². The second-order valence-corrected chi connectivity index (χ2v) is 8.36. The quantitative estimate of drug-likeness (QED) is 0.735. The average molecular weight is 446 g/mol. The molecule has 0 saturated carbocycles. The summed E-state index contributed by atoms with van der Waals surface area (Å²) in [6.07, 6.45) is 6.43. The van der Waals surface area contributed by atoms with E-state index in [0.717, 1.165) is 36.5 Å². The summed E-state index contributed by atoms with van der Waals surface area (Å²) in [5, 5.41) is 12.1. The minimum Gasteiger partial charge on any atom is -0.364 e. The van der Waals surface area contributed by atoms with Crippen LogP contribution in [-0.2, 0) is 4.79 Å². The lowest BCUT2D eigenvalue weighted by Gasteiger charge is -2.41. The Morgan fingerprint density at radius 2 is 2.15 bits per heavy atom. The van der Waals surface area contributed by atoms with E-state index in [0.29, 0.717) is 18.7 Å². The van der Waals surface area contributed by atoms with Crippen molar-refractivity contribution >= 4 is 29.4 Å². The maximum Gasteiger partial charge on any atom is 0.272 e. The fourth-order valence-electron chi connectivity index (χ4n) is 4.41. The van der Waals surface area contributed by atoms with Crippen LogP contribution >= 0.6 is 0 Å². The Balaban J connectivity index is 1.43. The first-order valence-electron chi connectivity index (χ1n) is 11.1. The van der Waals surface area contributed by atoms with Crippen molar-refractivity contribution in [2.75, 3.05) is 38.1 Å². The second-order valence-electron chi connectivity index (χ2n) is 8.36. The third-order valence-corrected chi connectivity index (χ3v) is 6.15. The van der Waals surface area contributed by atoms with E-state index < -0.39 is 0 Å². The highest BCUT2D eigenvalue weighted by Gasteiger charge is 2.28. The predicted octanol–water partition coefficient (Wildman–Crippen LogP) is 1.52.